The number of urea groups is 1. The number of hydrogen-bond donors (Lipinski definition) is 1. The second-order valence-electron chi connectivity index (χ2n) is 7.17. The van der Waals surface area contributed by atoms with Crippen LogP contribution in [0.5, 0.6) is 5.75 Å². The molecular formula is C22H28N4O3. The number of ether oxygens (including phenoxy) is 2. The third kappa shape index (κ3) is 6.87. The summed E-state index contributed by atoms with van der Waals surface area (Å²) < 4.78 is 11.3. The predicted molar refractivity (Wildman–Crippen MR) is 113 cm³/mol. The van der Waals surface area contributed by atoms with E-state index in [-0.39, 0.29) is 12.1 Å². The van der Waals surface area contributed by atoms with Gasteiger partial charge in [-0.25, -0.2) is 4.79 Å². The smallest absolute Gasteiger partial charge is 0.323 e. The average Bonchev–Trinajstić information content (AvgIpc) is 2.73. The molecule has 1 aromatic carbocycles. The van der Waals surface area contributed by atoms with Gasteiger partial charge in [0, 0.05) is 19.3 Å². The summed E-state index contributed by atoms with van der Waals surface area (Å²) in [6.07, 6.45) is 5.67. The summed E-state index contributed by atoms with van der Waals surface area (Å²) in [7, 11) is 0. The number of piperidine rings is 1. The lowest BCUT2D eigenvalue weighted by molar-refractivity contribution is 0.0552. The number of nitrogens with one attached hydrogen (secondary N) is 1. The average molecular weight is 396 g/mol. The van der Waals surface area contributed by atoms with Crippen LogP contribution in [0.15, 0.2) is 48.2 Å². The van der Waals surface area contributed by atoms with Crippen LogP contribution in [0.2, 0.25) is 0 Å². The van der Waals surface area contributed by atoms with E-state index in [0.717, 1.165) is 24.2 Å². The maximum atomic E-state index is 12.3. The Balaban J connectivity index is 1.49. The Labute approximate surface area is 171 Å². The molecular weight excluding hydrogens is 368 g/mol. The second-order valence-corrected chi connectivity index (χ2v) is 7.17. The maximum Gasteiger partial charge on any atom is 0.323 e. The van der Waals surface area contributed by atoms with Crippen LogP contribution in [-0.2, 0) is 4.74 Å². The molecule has 1 aromatic heterocycles. The lowest BCUT2D eigenvalue weighted by Gasteiger charge is -2.28. The van der Waals surface area contributed by atoms with Crippen LogP contribution < -0.4 is 10.1 Å². The first kappa shape index (κ1) is 20.8. The molecule has 0 saturated carbocycles. The number of likely N-dealkylation sites (tertiary alicyclic amines) is 1. The lowest BCUT2D eigenvalue weighted by atomic mass is 10.0. The van der Waals surface area contributed by atoms with Gasteiger partial charge in [-0.05, 0) is 56.5 Å². The highest BCUT2D eigenvalue weighted by atomic mass is 16.5. The molecule has 7 heteroatoms. The first-order valence-corrected chi connectivity index (χ1v) is 9.98. The number of benzene rings is 1. The molecule has 154 valence electrons. The van der Waals surface area contributed by atoms with Crippen molar-refractivity contribution in [1.29, 1.82) is 0 Å². The molecule has 1 aliphatic rings. The fraction of sp³-hybridized carbons (Fsp3) is 0.409. The first-order chi connectivity index (χ1) is 14.1. The zero-order valence-electron chi connectivity index (χ0n) is 17.0. The Morgan fingerprint density at radius 2 is 2.03 bits per heavy atom. The van der Waals surface area contributed by atoms with Gasteiger partial charge in [0.25, 0.3) is 0 Å². The summed E-state index contributed by atoms with van der Waals surface area (Å²) in [5.74, 6) is 1.31. The molecule has 0 bridgehead atoms. The molecule has 2 amide bonds. The number of hydrogen-bond acceptors (Lipinski definition) is 5. The van der Waals surface area contributed by atoms with E-state index in [1.54, 1.807) is 23.2 Å². The van der Waals surface area contributed by atoms with Crippen LogP contribution in [0.25, 0.3) is 6.08 Å². The molecule has 0 spiro atoms. The first-order valence-electron chi connectivity index (χ1n) is 9.98. The minimum absolute atomic E-state index is 0.136. The third-order valence-electron chi connectivity index (χ3n) is 4.53. The van der Waals surface area contributed by atoms with Crippen LogP contribution >= 0.6 is 0 Å². The zero-order valence-corrected chi connectivity index (χ0v) is 17.0. The van der Waals surface area contributed by atoms with Gasteiger partial charge in [-0.1, -0.05) is 23.8 Å². The summed E-state index contributed by atoms with van der Waals surface area (Å²) in [6.45, 7) is 6.50. The fourth-order valence-electron chi connectivity index (χ4n) is 3.07. The number of rotatable bonds is 7. The van der Waals surface area contributed by atoms with Crippen molar-refractivity contribution in [3.63, 3.8) is 0 Å². The molecule has 29 heavy (non-hydrogen) atoms. The van der Waals surface area contributed by atoms with Gasteiger partial charge in [-0.3, -0.25) is 5.32 Å². The molecule has 7 nitrogen and oxygen atoms in total. The van der Waals surface area contributed by atoms with Crippen molar-refractivity contribution in [2.75, 3.05) is 31.6 Å². The van der Waals surface area contributed by atoms with Crippen LogP contribution in [0, 0.1) is 0 Å². The van der Waals surface area contributed by atoms with E-state index in [2.05, 4.69) is 27.7 Å². The molecule has 2 aromatic rings. The van der Waals surface area contributed by atoms with E-state index in [4.69, 9.17) is 9.47 Å². The predicted octanol–water partition coefficient (Wildman–Crippen LogP) is 3.99. The molecule has 0 aliphatic carbocycles. The van der Waals surface area contributed by atoms with Crippen molar-refractivity contribution in [3.05, 3.63) is 53.7 Å². The van der Waals surface area contributed by atoms with Gasteiger partial charge in [0.2, 0.25) is 0 Å². The minimum Gasteiger partial charge on any atom is -0.491 e. The molecule has 1 fully saturated rings. The Morgan fingerprint density at radius 1 is 1.21 bits per heavy atom. The van der Waals surface area contributed by atoms with Gasteiger partial charge in [0.05, 0.1) is 12.7 Å². The lowest BCUT2D eigenvalue weighted by Crippen LogP contribution is -2.39. The zero-order chi connectivity index (χ0) is 20.5. The van der Waals surface area contributed by atoms with Crippen molar-refractivity contribution in [2.45, 2.75) is 32.8 Å². The Kier molecular flexibility index (Phi) is 7.58. The Hall–Kier alpha value is -2.93. The van der Waals surface area contributed by atoms with E-state index < -0.39 is 0 Å². The molecule has 0 unspecified atom stereocenters. The molecule has 0 atom stereocenters. The van der Waals surface area contributed by atoms with Crippen molar-refractivity contribution >= 4 is 17.9 Å². The monoisotopic (exact) mass is 396 g/mol. The summed E-state index contributed by atoms with van der Waals surface area (Å²) in [4.78, 5) is 14.2. The standard InChI is InChI=1S/C22H28N4O3/c1-17(2)28-13-14-29-20-6-3-5-19(16-20)15-18-8-11-26(12-9-18)22(27)24-21-7-4-10-23-25-21/h3-7,10,15-17H,8-9,11-14H2,1-2H3,(H,24,25,27). The maximum absolute atomic E-state index is 12.3. The van der Waals surface area contributed by atoms with Gasteiger partial charge in [0.15, 0.2) is 5.82 Å². The SMILES string of the molecule is CC(C)OCCOc1cccc(C=C2CCN(C(=O)Nc3cccnn3)CC2)c1. The number of carbonyl (C=O) groups is 1. The van der Waals surface area contributed by atoms with Crippen LogP contribution in [0.1, 0.15) is 32.3 Å². The molecule has 2 heterocycles. The quantitative estimate of drug-likeness (QED) is 0.716. The molecule has 1 aliphatic heterocycles. The number of nitrogens with zero attached hydrogens (tertiary/aromatic N) is 3. The van der Waals surface area contributed by atoms with E-state index in [0.29, 0.717) is 32.1 Å². The summed E-state index contributed by atoms with van der Waals surface area (Å²) in [5.41, 5.74) is 2.44. The summed E-state index contributed by atoms with van der Waals surface area (Å²) in [6, 6.07) is 11.4. The number of carbonyl (C=O) groups excluding carboxylic acids is 1. The van der Waals surface area contributed by atoms with Crippen LogP contribution in [0.4, 0.5) is 10.6 Å². The van der Waals surface area contributed by atoms with Gasteiger partial charge in [-0.15, -0.1) is 5.10 Å². The number of amides is 2. The second kappa shape index (κ2) is 10.6. The normalized spacial score (nSPS) is 14.0. The minimum atomic E-state index is -0.136. The van der Waals surface area contributed by atoms with Gasteiger partial charge in [0.1, 0.15) is 12.4 Å². The van der Waals surface area contributed by atoms with Crippen molar-refractivity contribution in [1.82, 2.24) is 15.1 Å². The van der Waals surface area contributed by atoms with E-state index in [1.165, 1.54) is 5.57 Å². The van der Waals surface area contributed by atoms with Gasteiger partial charge >= 0.3 is 6.03 Å². The van der Waals surface area contributed by atoms with Gasteiger partial charge < -0.3 is 14.4 Å². The van der Waals surface area contributed by atoms with Crippen LogP contribution in [-0.4, -0.2) is 53.5 Å². The summed E-state index contributed by atoms with van der Waals surface area (Å²) in [5, 5.41) is 10.4. The van der Waals surface area contributed by atoms with Crippen molar-refractivity contribution in [2.24, 2.45) is 0 Å². The van der Waals surface area contributed by atoms with E-state index >= 15 is 0 Å². The molecule has 1 saturated heterocycles. The van der Waals surface area contributed by atoms with E-state index in [1.807, 2.05) is 32.0 Å². The van der Waals surface area contributed by atoms with Crippen molar-refractivity contribution < 1.29 is 14.3 Å². The van der Waals surface area contributed by atoms with Gasteiger partial charge in [-0.2, -0.15) is 5.10 Å². The highest BCUT2D eigenvalue weighted by molar-refractivity contribution is 5.88. The molecule has 0 radical (unpaired) electrons. The Bertz CT molecular complexity index is 814. The Morgan fingerprint density at radius 3 is 2.76 bits per heavy atom. The molecule has 1 N–H and O–H groups in total. The number of aromatic nitrogens is 2. The highest BCUT2D eigenvalue weighted by Crippen LogP contribution is 2.22. The van der Waals surface area contributed by atoms with Crippen molar-refractivity contribution in [3.8, 4) is 5.75 Å². The molecule has 3 rings (SSSR count). The third-order valence-corrected chi connectivity index (χ3v) is 4.53. The fourth-order valence-corrected chi connectivity index (χ4v) is 3.07. The number of anilines is 1. The van der Waals surface area contributed by atoms with Crippen LogP contribution in [0.3, 0.4) is 0 Å². The summed E-state index contributed by atoms with van der Waals surface area (Å²) >= 11 is 0. The topological polar surface area (TPSA) is 76.6 Å². The largest absolute Gasteiger partial charge is 0.491 e. The van der Waals surface area contributed by atoms with E-state index in [9.17, 15) is 4.79 Å². The highest BCUT2D eigenvalue weighted by Gasteiger charge is 2.19.